The Morgan fingerprint density at radius 1 is 1.44 bits per heavy atom. The summed E-state index contributed by atoms with van der Waals surface area (Å²) in [5, 5.41) is 5.12. The first-order valence-corrected chi connectivity index (χ1v) is 5.78. The van der Waals surface area contributed by atoms with E-state index in [0.29, 0.717) is 5.69 Å². The van der Waals surface area contributed by atoms with Crippen molar-refractivity contribution in [2.24, 2.45) is 0 Å². The Morgan fingerprint density at radius 3 is 2.83 bits per heavy atom. The number of nitrogen functional groups attached to an aromatic ring is 1. The number of rotatable bonds is 2. The van der Waals surface area contributed by atoms with Gasteiger partial charge in [0.25, 0.3) is 0 Å². The van der Waals surface area contributed by atoms with Crippen LogP contribution in [0.4, 0.5) is 5.69 Å². The number of carbonyl (C=O) groups excluding carboxylic acids is 1. The van der Waals surface area contributed by atoms with Gasteiger partial charge >= 0.3 is 5.97 Å². The number of ether oxygens (including phenoxy) is 1. The van der Waals surface area contributed by atoms with E-state index in [2.05, 4.69) is 5.10 Å². The van der Waals surface area contributed by atoms with Crippen LogP contribution in [0.1, 0.15) is 20.8 Å². The molecule has 18 heavy (non-hydrogen) atoms. The molecule has 0 aliphatic rings. The normalized spacial score (nSPS) is 11.7. The Labute approximate surface area is 106 Å². The van der Waals surface area contributed by atoms with Crippen LogP contribution in [0.5, 0.6) is 0 Å². The smallest absolute Gasteiger partial charge is 0.328 e. The van der Waals surface area contributed by atoms with Gasteiger partial charge in [-0.2, -0.15) is 5.10 Å². The van der Waals surface area contributed by atoms with Gasteiger partial charge in [-0.1, -0.05) is 0 Å². The first-order chi connectivity index (χ1) is 8.35. The summed E-state index contributed by atoms with van der Waals surface area (Å²) in [6, 6.07) is 5.48. The van der Waals surface area contributed by atoms with Crippen molar-refractivity contribution < 1.29 is 9.53 Å². The fraction of sp³-hybridized carbons (Fsp3) is 0.385. The summed E-state index contributed by atoms with van der Waals surface area (Å²) >= 11 is 0. The number of nitrogens with zero attached hydrogens (tertiary/aromatic N) is 2. The molecule has 0 radical (unpaired) electrons. The van der Waals surface area contributed by atoms with Gasteiger partial charge in [-0.05, 0) is 39.0 Å². The van der Waals surface area contributed by atoms with E-state index in [1.807, 2.05) is 32.9 Å². The third kappa shape index (κ3) is 2.80. The van der Waals surface area contributed by atoms with Gasteiger partial charge in [-0.15, -0.1) is 0 Å². The predicted molar refractivity (Wildman–Crippen MR) is 70.0 cm³/mol. The van der Waals surface area contributed by atoms with Crippen molar-refractivity contribution in [3.05, 3.63) is 24.4 Å². The van der Waals surface area contributed by atoms with Crippen LogP contribution in [-0.4, -0.2) is 21.4 Å². The minimum absolute atomic E-state index is 0.0875. The number of hydrogen-bond donors (Lipinski definition) is 1. The molecule has 0 saturated carbocycles. The number of fused-ring (bicyclic) bond motifs is 1. The quantitative estimate of drug-likeness (QED) is 0.650. The lowest BCUT2D eigenvalue weighted by atomic mass is 10.2. The Morgan fingerprint density at radius 2 is 2.17 bits per heavy atom. The van der Waals surface area contributed by atoms with Crippen LogP contribution in [0.2, 0.25) is 0 Å². The largest absolute Gasteiger partial charge is 0.459 e. The minimum Gasteiger partial charge on any atom is -0.459 e. The molecule has 1 heterocycles. The number of benzene rings is 1. The fourth-order valence-corrected chi connectivity index (χ4v) is 1.71. The van der Waals surface area contributed by atoms with Crippen molar-refractivity contribution in [3.8, 4) is 0 Å². The Balaban J connectivity index is 2.22. The van der Waals surface area contributed by atoms with E-state index in [1.54, 1.807) is 16.9 Å². The summed E-state index contributed by atoms with van der Waals surface area (Å²) in [6.07, 6.45) is 1.71. The lowest BCUT2D eigenvalue weighted by Crippen LogP contribution is -2.26. The van der Waals surface area contributed by atoms with Gasteiger partial charge in [0.1, 0.15) is 12.1 Å². The third-order valence-corrected chi connectivity index (χ3v) is 2.37. The highest BCUT2D eigenvalue weighted by Gasteiger charge is 2.17. The highest BCUT2D eigenvalue weighted by atomic mass is 16.6. The second kappa shape index (κ2) is 4.33. The summed E-state index contributed by atoms with van der Waals surface area (Å²) < 4.78 is 6.86. The standard InChI is InChI=1S/C13H17N3O2/c1-13(2,3)18-12(17)8-16-11-6-10(14)5-4-9(11)7-15-16/h4-7H,8,14H2,1-3H3. The molecule has 0 saturated heterocycles. The number of aromatic nitrogens is 2. The molecule has 0 atom stereocenters. The molecular formula is C13H17N3O2. The highest BCUT2D eigenvalue weighted by molar-refractivity contribution is 5.83. The van der Waals surface area contributed by atoms with Gasteiger partial charge in [0.15, 0.2) is 0 Å². The van der Waals surface area contributed by atoms with E-state index in [9.17, 15) is 4.79 Å². The van der Waals surface area contributed by atoms with Crippen LogP contribution < -0.4 is 5.73 Å². The average Bonchev–Trinajstić information content (AvgIpc) is 2.58. The van der Waals surface area contributed by atoms with Crippen LogP contribution >= 0.6 is 0 Å². The monoisotopic (exact) mass is 247 g/mol. The van der Waals surface area contributed by atoms with Crippen LogP contribution in [-0.2, 0) is 16.1 Å². The summed E-state index contributed by atoms with van der Waals surface area (Å²) in [7, 11) is 0. The molecule has 0 unspecified atom stereocenters. The van der Waals surface area contributed by atoms with Crippen molar-refractivity contribution in [2.45, 2.75) is 32.9 Å². The molecule has 1 aromatic carbocycles. The maximum Gasteiger partial charge on any atom is 0.328 e. The number of hydrogen-bond acceptors (Lipinski definition) is 4. The van der Waals surface area contributed by atoms with Gasteiger partial charge < -0.3 is 10.5 Å². The van der Waals surface area contributed by atoms with Crippen molar-refractivity contribution in [2.75, 3.05) is 5.73 Å². The average molecular weight is 247 g/mol. The zero-order chi connectivity index (χ0) is 13.3. The molecule has 2 aromatic rings. The van der Waals surface area contributed by atoms with E-state index in [0.717, 1.165) is 10.9 Å². The molecule has 1 aromatic heterocycles. The van der Waals surface area contributed by atoms with E-state index >= 15 is 0 Å². The topological polar surface area (TPSA) is 70.1 Å². The molecule has 0 bridgehead atoms. The zero-order valence-electron chi connectivity index (χ0n) is 10.8. The second-order valence-corrected chi connectivity index (χ2v) is 5.21. The van der Waals surface area contributed by atoms with Crippen LogP contribution in [0.25, 0.3) is 10.9 Å². The Bertz CT molecular complexity index is 581. The van der Waals surface area contributed by atoms with Crippen molar-refractivity contribution in [1.29, 1.82) is 0 Å². The Hall–Kier alpha value is -2.04. The van der Waals surface area contributed by atoms with Gasteiger partial charge in [-0.3, -0.25) is 9.48 Å². The molecule has 0 aliphatic heterocycles. The summed E-state index contributed by atoms with van der Waals surface area (Å²) in [6.45, 7) is 5.60. The van der Waals surface area contributed by atoms with Gasteiger partial charge in [-0.25, -0.2) is 0 Å². The van der Waals surface area contributed by atoms with Gasteiger partial charge in [0, 0.05) is 11.1 Å². The van der Waals surface area contributed by atoms with E-state index in [-0.39, 0.29) is 12.5 Å². The van der Waals surface area contributed by atoms with Crippen molar-refractivity contribution in [1.82, 2.24) is 9.78 Å². The maximum atomic E-state index is 11.7. The number of esters is 1. The van der Waals surface area contributed by atoms with E-state index in [4.69, 9.17) is 10.5 Å². The Kier molecular flexibility index (Phi) is 2.98. The van der Waals surface area contributed by atoms with Crippen molar-refractivity contribution in [3.63, 3.8) is 0 Å². The molecule has 96 valence electrons. The molecular weight excluding hydrogens is 230 g/mol. The van der Waals surface area contributed by atoms with Gasteiger partial charge in [0.05, 0.1) is 11.7 Å². The minimum atomic E-state index is -0.487. The highest BCUT2D eigenvalue weighted by Crippen LogP contribution is 2.17. The second-order valence-electron chi connectivity index (χ2n) is 5.21. The molecule has 5 nitrogen and oxygen atoms in total. The van der Waals surface area contributed by atoms with Crippen LogP contribution in [0, 0.1) is 0 Å². The molecule has 2 rings (SSSR count). The first kappa shape index (κ1) is 12.4. The van der Waals surface area contributed by atoms with Crippen LogP contribution in [0.15, 0.2) is 24.4 Å². The zero-order valence-corrected chi connectivity index (χ0v) is 10.8. The molecule has 2 N–H and O–H groups in total. The summed E-state index contributed by atoms with van der Waals surface area (Å²) in [4.78, 5) is 11.7. The van der Waals surface area contributed by atoms with E-state index < -0.39 is 5.60 Å². The number of carbonyl (C=O) groups is 1. The maximum absolute atomic E-state index is 11.7. The summed E-state index contributed by atoms with van der Waals surface area (Å²) in [5.41, 5.74) is 6.72. The predicted octanol–water partition coefficient (Wildman–Crippen LogP) is 1.96. The molecule has 0 spiro atoms. The van der Waals surface area contributed by atoms with Gasteiger partial charge in [0.2, 0.25) is 0 Å². The summed E-state index contributed by atoms with van der Waals surface area (Å²) in [5.74, 6) is -0.310. The first-order valence-electron chi connectivity index (χ1n) is 5.78. The lowest BCUT2D eigenvalue weighted by molar-refractivity contribution is -0.155. The molecule has 0 aliphatic carbocycles. The fourth-order valence-electron chi connectivity index (χ4n) is 1.71. The number of anilines is 1. The third-order valence-electron chi connectivity index (χ3n) is 2.37. The van der Waals surface area contributed by atoms with E-state index in [1.165, 1.54) is 0 Å². The SMILES string of the molecule is CC(C)(C)OC(=O)Cn1ncc2ccc(N)cc21. The number of nitrogens with two attached hydrogens (primary N) is 1. The van der Waals surface area contributed by atoms with Crippen molar-refractivity contribution >= 4 is 22.6 Å². The molecule has 5 heteroatoms. The lowest BCUT2D eigenvalue weighted by Gasteiger charge is -2.19. The molecule has 0 amide bonds. The van der Waals surface area contributed by atoms with Crippen LogP contribution in [0.3, 0.4) is 0 Å². The molecule has 0 fully saturated rings.